The summed E-state index contributed by atoms with van der Waals surface area (Å²) in [4.78, 5) is 15.1. The molecule has 2 heterocycles. The molecule has 5 nitrogen and oxygen atoms in total. The van der Waals surface area contributed by atoms with Crippen LogP contribution in [0.3, 0.4) is 0 Å². The highest BCUT2D eigenvalue weighted by Crippen LogP contribution is 2.29. The molecule has 1 aromatic heterocycles. The standard InChI is InChI=1S/C20H27N3O2/c1-20(2,3)25-18(16-8-5-4-6-9-16)19(24)22-14-10-17(11-15-22)23-13-7-12-21-23/h4-9,12-13,17-18H,10-11,14-15H2,1-3H3. The molecule has 2 aromatic rings. The molecule has 0 aliphatic carbocycles. The Hall–Kier alpha value is -2.14. The molecule has 1 aliphatic rings. The first-order valence-corrected chi connectivity index (χ1v) is 8.95. The van der Waals surface area contributed by atoms with E-state index in [1.807, 2.05) is 72.9 Å². The lowest BCUT2D eigenvalue weighted by Gasteiger charge is -2.36. The number of nitrogens with zero attached hydrogens (tertiary/aromatic N) is 3. The highest BCUT2D eigenvalue weighted by molar-refractivity contribution is 5.82. The monoisotopic (exact) mass is 341 g/mol. The first-order valence-electron chi connectivity index (χ1n) is 8.95. The van der Waals surface area contributed by atoms with Gasteiger partial charge in [0.15, 0.2) is 6.10 Å². The molecule has 1 aromatic carbocycles. The summed E-state index contributed by atoms with van der Waals surface area (Å²) in [6, 6.07) is 12.1. The number of hydrogen-bond donors (Lipinski definition) is 0. The zero-order valence-electron chi connectivity index (χ0n) is 15.3. The SMILES string of the molecule is CC(C)(C)OC(C(=O)N1CCC(n2cccn2)CC1)c1ccccc1. The second kappa shape index (κ2) is 7.40. The topological polar surface area (TPSA) is 47.4 Å². The molecule has 0 saturated carbocycles. The molecule has 1 saturated heterocycles. The number of amides is 1. The molecule has 134 valence electrons. The third-order valence-electron chi connectivity index (χ3n) is 4.47. The summed E-state index contributed by atoms with van der Waals surface area (Å²) in [5.41, 5.74) is 0.528. The van der Waals surface area contributed by atoms with Crippen LogP contribution in [0.5, 0.6) is 0 Å². The molecule has 1 aliphatic heterocycles. The Kier molecular flexibility index (Phi) is 5.23. The van der Waals surface area contributed by atoms with E-state index in [-0.39, 0.29) is 11.5 Å². The van der Waals surface area contributed by atoms with Crippen LogP contribution >= 0.6 is 0 Å². The summed E-state index contributed by atoms with van der Waals surface area (Å²) >= 11 is 0. The molecular weight excluding hydrogens is 314 g/mol. The smallest absolute Gasteiger partial charge is 0.256 e. The van der Waals surface area contributed by atoms with Crippen molar-refractivity contribution in [3.05, 3.63) is 54.4 Å². The van der Waals surface area contributed by atoms with Crippen LogP contribution < -0.4 is 0 Å². The molecule has 0 bridgehead atoms. The zero-order chi connectivity index (χ0) is 17.9. The summed E-state index contributed by atoms with van der Waals surface area (Å²) in [5.74, 6) is 0.0556. The van der Waals surface area contributed by atoms with Crippen molar-refractivity contribution < 1.29 is 9.53 Å². The number of benzene rings is 1. The van der Waals surface area contributed by atoms with Gasteiger partial charge in [-0.15, -0.1) is 0 Å². The van der Waals surface area contributed by atoms with Gasteiger partial charge < -0.3 is 9.64 Å². The average molecular weight is 341 g/mol. The molecule has 25 heavy (non-hydrogen) atoms. The maximum absolute atomic E-state index is 13.1. The highest BCUT2D eigenvalue weighted by Gasteiger charge is 2.33. The van der Waals surface area contributed by atoms with Crippen molar-refractivity contribution in [2.75, 3.05) is 13.1 Å². The van der Waals surface area contributed by atoms with E-state index >= 15 is 0 Å². The number of piperidine rings is 1. The van der Waals surface area contributed by atoms with Gasteiger partial charge in [0.05, 0.1) is 11.6 Å². The van der Waals surface area contributed by atoms with Crippen LogP contribution in [0.4, 0.5) is 0 Å². The van der Waals surface area contributed by atoms with Gasteiger partial charge in [0.25, 0.3) is 5.91 Å². The summed E-state index contributed by atoms with van der Waals surface area (Å²) in [6.07, 6.45) is 5.09. The largest absolute Gasteiger partial charge is 0.358 e. The predicted octanol–water partition coefficient (Wildman–Crippen LogP) is 3.60. The maximum atomic E-state index is 13.1. The van der Waals surface area contributed by atoms with Crippen molar-refractivity contribution in [1.29, 1.82) is 0 Å². The van der Waals surface area contributed by atoms with Crippen molar-refractivity contribution in [2.24, 2.45) is 0 Å². The summed E-state index contributed by atoms with van der Waals surface area (Å²) < 4.78 is 8.13. The second-order valence-electron chi connectivity index (χ2n) is 7.56. The van der Waals surface area contributed by atoms with E-state index in [1.165, 1.54) is 0 Å². The van der Waals surface area contributed by atoms with E-state index in [4.69, 9.17) is 4.74 Å². The van der Waals surface area contributed by atoms with Gasteiger partial charge in [0, 0.05) is 25.5 Å². The molecule has 1 atom stereocenters. The number of aromatic nitrogens is 2. The van der Waals surface area contributed by atoms with Crippen LogP contribution in [0.25, 0.3) is 0 Å². The Morgan fingerprint density at radius 1 is 1.16 bits per heavy atom. The number of ether oxygens (including phenoxy) is 1. The zero-order valence-corrected chi connectivity index (χ0v) is 15.3. The van der Waals surface area contributed by atoms with E-state index < -0.39 is 6.10 Å². The molecule has 1 amide bonds. The maximum Gasteiger partial charge on any atom is 0.256 e. The van der Waals surface area contributed by atoms with Gasteiger partial charge in [-0.3, -0.25) is 9.48 Å². The van der Waals surface area contributed by atoms with Crippen molar-refractivity contribution in [1.82, 2.24) is 14.7 Å². The van der Waals surface area contributed by atoms with Gasteiger partial charge in [-0.05, 0) is 45.2 Å². The fourth-order valence-electron chi connectivity index (χ4n) is 3.26. The summed E-state index contributed by atoms with van der Waals surface area (Å²) in [6.45, 7) is 7.43. The normalized spacial score (nSPS) is 17.5. The lowest BCUT2D eigenvalue weighted by molar-refractivity contribution is -0.155. The Morgan fingerprint density at radius 2 is 1.84 bits per heavy atom. The first-order chi connectivity index (χ1) is 11.9. The van der Waals surface area contributed by atoms with Crippen LogP contribution in [0.1, 0.15) is 51.3 Å². The van der Waals surface area contributed by atoms with Crippen LogP contribution in [-0.4, -0.2) is 39.3 Å². The van der Waals surface area contributed by atoms with Gasteiger partial charge in [0.2, 0.25) is 0 Å². The van der Waals surface area contributed by atoms with Gasteiger partial charge in [-0.2, -0.15) is 5.10 Å². The average Bonchev–Trinajstić information content (AvgIpc) is 3.14. The molecule has 0 spiro atoms. The van der Waals surface area contributed by atoms with E-state index in [0.717, 1.165) is 31.5 Å². The minimum absolute atomic E-state index is 0.0556. The lowest BCUT2D eigenvalue weighted by Crippen LogP contribution is -2.43. The Morgan fingerprint density at radius 3 is 2.40 bits per heavy atom. The Bertz CT molecular complexity index is 669. The van der Waals surface area contributed by atoms with Gasteiger partial charge >= 0.3 is 0 Å². The minimum Gasteiger partial charge on any atom is -0.358 e. The van der Waals surface area contributed by atoms with Gasteiger partial charge in [0.1, 0.15) is 0 Å². The fraction of sp³-hybridized carbons (Fsp3) is 0.500. The predicted molar refractivity (Wildman–Crippen MR) is 97.1 cm³/mol. The van der Waals surface area contributed by atoms with Gasteiger partial charge in [-0.25, -0.2) is 0 Å². The number of rotatable bonds is 4. The Balaban J connectivity index is 1.70. The van der Waals surface area contributed by atoms with Crippen molar-refractivity contribution in [3.8, 4) is 0 Å². The molecule has 1 fully saturated rings. The number of carbonyl (C=O) groups is 1. The Labute approximate surface area is 149 Å². The van der Waals surface area contributed by atoms with E-state index in [1.54, 1.807) is 6.20 Å². The molecule has 0 radical (unpaired) electrons. The third-order valence-corrected chi connectivity index (χ3v) is 4.47. The van der Waals surface area contributed by atoms with E-state index in [2.05, 4.69) is 5.10 Å². The molecule has 3 rings (SSSR count). The third kappa shape index (κ3) is 4.48. The second-order valence-corrected chi connectivity index (χ2v) is 7.56. The summed E-state index contributed by atoms with van der Waals surface area (Å²) in [7, 11) is 0. The molecule has 5 heteroatoms. The lowest BCUT2D eigenvalue weighted by atomic mass is 10.0. The van der Waals surface area contributed by atoms with Crippen LogP contribution in [0.15, 0.2) is 48.8 Å². The van der Waals surface area contributed by atoms with Crippen LogP contribution in [-0.2, 0) is 9.53 Å². The van der Waals surface area contributed by atoms with Crippen molar-refractivity contribution in [3.63, 3.8) is 0 Å². The molecule has 1 unspecified atom stereocenters. The number of likely N-dealkylation sites (tertiary alicyclic amines) is 1. The molecular formula is C20H27N3O2. The minimum atomic E-state index is -0.553. The fourth-order valence-corrected chi connectivity index (χ4v) is 3.26. The molecule has 0 N–H and O–H groups in total. The summed E-state index contributed by atoms with van der Waals surface area (Å²) in [5, 5.41) is 4.33. The van der Waals surface area contributed by atoms with Crippen molar-refractivity contribution >= 4 is 5.91 Å². The van der Waals surface area contributed by atoms with E-state index in [9.17, 15) is 4.79 Å². The van der Waals surface area contributed by atoms with Crippen molar-refractivity contribution in [2.45, 2.75) is 51.4 Å². The van der Waals surface area contributed by atoms with Crippen LogP contribution in [0.2, 0.25) is 0 Å². The number of carbonyl (C=O) groups excluding carboxylic acids is 1. The number of hydrogen-bond acceptors (Lipinski definition) is 3. The van der Waals surface area contributed by atoms with Crippen LogP contribution in [0, 0.1) is 0 Å². The highest BCUT2D eigenvalue weighted by atomic mass is 16.5. The van der Waals surface area contributed by atoms with Gasteiger partial charge in [-0.1, -0.05) is 30.3 Å². The van der Waals surface area contributed by atoms with E-state index in [0.29, 0.717) is 6.04 Å². The first kappa shape index (κ1) is 17.7. The quantitative estimate of drug-likeness (QED) is 0.853.